The highest BCUT2D eigenvalue weighted by atomic mass is 79.9. The molecule has 1 aromatic carbocycles. The smallest absolute Gasteiger partial charge is 0.154 e. The summed E-state index contributed by atoms with van der Waals surface area (Å²) in [7, 11) is 0. The third kappa shape index (κ3) is 1.83. The molecule has 3 nitrogen and oxygen atoms in total. The number of aromatic nitrogens is 2. The SMILES string of the molecule is O=Cc1cnn(-c2ccc(F)cc2)c1Br. The highest BCUT2D eigenvalue weighted by Crippen LogP contribution is 2.19. The van der Waals surface area contributed by atoms with Crippen molar-refractivity contribution in [3.8, 4) is 5.69 Å². The molecule has 0 aliphatic heterocycles. The first-order valence-electron chi connectivity index (χ1n) is 4.17. The van der Waals surface area contributed by atoms with Gasteiger partial charge in [0.2, 0.25) is 0 Å². The largest absolute Gasteiger partial charge is 0.298 e. The maximum Gasteiger partial charge on any atom is 0.154 e. The highest BCUT2D eigenvalue weighted by molar-refractivity contribution is 9.10. The summed E-state index contributed by atoms with van der Waals surface area (Å²) in [5.41, 5.74) is 1.15. The predicted molar refractivity (Wildman–Crippen MR) is 56.6 cm³/mol. The molecule has 0 spiro atoms. The Bertz CT molecular complexity index is 493. The standard InChI is InChI=1S/C10H6BrFN2O/c11-10-7(6-15)5-13-14(10)9-3-1-8(12)2-4-9/h1-6H. The van der Waals surface area contributed by atoms with E-state index in [9.17, 15) is 9.18 Å². The Morgan fingerprint density at radius 3 is 2.53 bits per heavy atom. The molecule has 0 aliphatic carbocycles. The fourth-order valence-electron chi connectivity index (χ4n) is 1.19. The van der Waals surface area contributed by atoms with Crippen LogP contribution in [0.4, 0.5) is 4.39 Å². The second-order valence-electron chi connectivity index (χ2n) is 2.90. The lowest BCUT2D eigenvalue weighted by Crippen LogP contribution is -1.96. The summed E-state index contributed by atoms with van der Waals surface area (Å²) < 4.78 is 14.8. The van der Waals surface area contributed by atoms with E-state index in [-0.39, 0.29) is 5.82 Å². The molecule has 0 radical (unpaired) electrons. The summed E-state index contributed by atoms with van der Waals surface area (Å²) in [6.07, 6.45) is 2.15. The lowest BCUT2D eigenvalue weighted by atomic mass is 10.3. The van der Waals surface area contributed by atoms with Crippen LogP contribution in [0.25, 0.3) is 5.69 Å². The molecular formula is C10H6BrFN2O. The predicted octanol–water partition coefficient (Wildman–Crippen LogP) is 2.59. The number of nitrogens with zero attached hydrogens (tertiary/aromatic N) is 2. The van der Waals surface area contributed by atoms with E-state index in [2.05, 4.69) is 21.0 Å². The maximum atomic E-state index is 12.7. The third-order valence-corrected chi connectivity index (χ3v) is 2.73. The molecule has 0 saturated heterocycles. The van der Waals surface area contributed by atoms with Crippen molar-refractivity contribution in [2.45, 2.75) is 0 Å². The average molecular weight is 269 g/mol. The van der Waals surface area contributed by atoms with E-state index in [1.54, 1.807) is 12.1 Å². The van der Waals surface area contributed by atoms with Gasteiger partial charge in [0.25, 0.3) is 0 Å². The summed E-state index contributed by atoms with van der Waals surface area (Å²) in [5, 5.41) is 4.00. The van der Waals surface area contributed by atoms with Crippen LogP contribution in [-0.2, 0) is 0 Å². The topological polar surface area (TPSA) is 34.9 Å². The van der Waals surface area contributed by atoms with Crippen molar-refractivity contribution in [2.24, 2.45) is 0 Å². The molecule has 15 heavy (non-hydrogen) atoms. The first-order chi connectivity index (χ1) is 7.22. The molecule has 0 aliphatic rings. The van der Waals surface area contributed by atoms with E-state index in [0.29, 0.717) is 22.1 Å². The van der Waals surface area contributed by atoms with Gasteiger partial charge in [0, 0.05) is 0 Å². The van der Waals surface area contributed by atoms with Crippen molar-refractivity contribution < 1.29 is 9.18 Å². The second-order valence-corrected chi connectivity index (χ2v) is 3.65. The molecule has 0 fully saturated rings. The van der Waals surface area contributed by atoms with E-state index >= 15 is 0 Å². The third-order valence-electron chi connectivity index (χ3n) is 1.93. The number of benzene rings is 1. The fourth-order valence-corrected chi connectivity index (χ4v) is 1.68. The van der Waals surface area contributed by atoms with Gasteiger partial charge in [-0.15, -0.1) is 0 Å². The molecule has 0 saturated carbocycles. The number of carbonyl (C=O) groups excluding carboxylic acids is 1. The Morgan fingerprint density at radius 1 is 1.33 bits per heavy atom. The van der Waals surface area contributed by atoms with Crippen LogP contribution >= 0.6 is 15.9 Å². The van der Waals surface area contributed by atoms with Crippen LogP contribution in [0.15, 0.2) is 35.1 Å². The molecule has 1 aromatic heterocycles. The number of aldehydes is 1. The molecule has 2 rings (SSSR count). The maximum absolute atomic E-state index is 12.7. The number of carbonyl (C=O) groups is 1. The van der Waals surface area contributed by atoms with Gasteiger partial charge in [-0.05, 0) is 40.2 Å². The molecule has 0 atom stereocenters. The van der Waals surface area contributed by atoms with Gasteiger partial charge in [-0.1, -0.05) is 0 Å². The zero-order valence-electron chi connectivity index (χ0n) is 7.52. The van der Waals surface area contributed by atoms with E-state index in [1.165, 1.54) is 23.0 Å². The minimum atomic E-state index is -0.308. The van der Waals surface area contributed by atoms with Gasteiger partial charge in [-0.3, -0.25) is 4.79 Å². The molecule has 0 unspecified atom stereocenters. The monoisotopic (exact) mass is 268 g/mol. The van der Waals surface area contributed by atoms with Crippen molar-refractivity contribution in [1.82, 2.24) is 9.78 Å². The van der Waals surface area contributed by atoms with Crippen LogP contribution in [0.3, 0.4) is 0 Å². The van der Waals surface area contributed by atoms with Gasteiger partial charge < -0.3 is 0 Å². The highest BCUT2D eigenvalue weighted by Gasteiger charge is 2.08. The van der Waals surface area contributed by atoms with Gasteiger partial charge in [0.05, 0.1) is 17.4 Å². The molecule has 0 N–H and O–H groups in total. The van der Waals surface area contributed by atoms with Crippen molar-refractivity contribution in [3.05, 3.63) is 46.4 Å². The minimum Gasteiger partial charge on any atom is -0.298 e. The van der Waals surface area contributed by atoms with E-state index in [1.807, 2.05) is 0 Å². The van der Waals surface area contributed by atoms with Gasteiger partial charge in [0.1, 0.15) is 10.4 Å². The Morgan fingerprint density at radius 2 is 2.00 bits per heavy atom. The van der Waals surface area contributed by atoms with Crippen LogP contribution in [0.1, 0.15) is 10.4 Å². The number of hydrogen-bond acceptors (Lipinski definition) is 2. The van der Waals surface area contributed by atoms with Crippen LogP contribution in [0, 0.1) is 5.82 Å². The van der Waals surface area contributed by atoms with Gasteiger partial charge >= 0.3 is 0 Å². The molecule has 0 bridgehead atoms. The van der Waals surface area contributed by atoms with Crippen LogP contribution in [0.2, 0.25) is 0 Å². The summed E-state index contributed by atoms with van der Waals surface area (Å²) in [6.45, 7) is 0. The Kier molecular flexibility index (Phi) is 2.64. The van der Waals surface area contributed by atoms with Crippen LogP contribution in [0.5, 0.6) is 0 Å². The van der Waals surface area contributed by atoms with E-state index in [0.717, 1.165) is 0 Å². The number of hydrogen-bond donors (Lipinski definition) is 0. The van der Waals surface area contributed by atoms with E-state index < -0.39 is 0 Å². The van der Waals surface area contributed by atoms with Crippen LogP contribution < -0.4 is 0 Å². The molecule has 1 heterocycles. The van der Waals surface area contributed by atoms with E-state index in [4.69, 9.17) is 0 Å². The van der Waals surface area contributed by atoms with Gasteiger partial charge in [-0.25, -0.2) is 9.07 Å². The minimum absolute atomic E-state index is 0.308. The summed E-state index contributed by atoms with van der Waals surface area (Å²) >= 11 is 3.24. The molecule has 5 heteroatoms. The second kappa shape index (κ2) is 3.94. The lowest BCUT2D eigenvalue weighted by molar-refractivity contribution is 0.112. The van der Waals surface area contributed by atoms with Gasteiger partial charge in [-0.2, -0.15) is 5.10 Å². The Hall–Kier alpha value is -1.49. The summed E-state index contributed by atoms with van der Waals surface area (Å²) in [6, 6.07) is 5.84. The van der Waals surface area contributed by atoms with Crippen molar-refractivity contribution in [1.29, 1.82) is 0 Å². The molecule has 2 aromatic rings. The van der Waals surface area contributed by atoms with Crippen molar-refractivity contribution >= 4 is 22.2 Å². The van der Waals surface area contributed by atoms with Crippen molar-refractivity contribution in [3.63, 3.8) is 0 Å². The normalized spacial score (nSPS) is 10.3. The van der Waals surface area contributed by atoms with Gasteiger partial charge in [0.15, 0.2) is 6.29 Å². The fraction of sp³-hybridized carbons (Fsp3) is 0. The van der Waals surface area contributed by atoms with Crippen LogP contribution in [-0.4, -0.2) is 16.1 Å². The zero-order chi connectivity index (χ0) is 10.8. The van der Waals surface area contributed by atoms with Crippen molar-refractivity contribution in [2.75, 3.05) is 0 Å². The molecule has 76 valence electrons. The number of rotatable bonds is 2. The lowest BCUT2D eigenvalue weighted by Gasteiger charge is -2.02. The molecular weight excluding hydrogens is 263 g/mol. The summed E-state index contributed by atoms with van der Waals surface area (Å²) in [5.74, 6) is -0.308. The Balaban J connectivity index is 2.49. The summed E-state index contributed by atoms with van der Waals surface area (Å²) in [4.78, 5) is 10.6. The Labute approximate surface area is 93.7 Å². The average Bonchev–Trinajstić information content (AvgIpc) is 2.61. The first kappa shape index (κ1) is 10.0. The number of halogens is 2. The first-order valence-corrected chi connectivity index (χ1v) is 4.96. The quantitative estimate of drug-likeness (QED) is 0.785. The molecule has 0 amide bonds. The zero-order valence-corrected chi connectivity index (χ0v) is 9.11.